The molecular weight excluding hydrogens is 188 g/mol. The summed E-state index contributed by atoms with van der Waals surface area (Å²) >= 11 is 0. The molecule has 0 bridgehead atoms. The van der Waals surface area contributed by atoms with E-state index in [-0.39, 0.29) is 5.60 Å². The van der Waals surface area contributed by atoms with Crippen molar-refractivity contribution in [2.45, 2.75) is 58.2 Å². The molecular formula is C12H26N2O. The molecule has 2 unspecified atom stereocenters. The van der Waals surface area contributed by atoms with Gasteiger partial charge in [0.2, 0.25) is 0 Å². The summed E-state index contributed by atoms with van der Waals surface area (Å²) in [4.78, 5) is 0. The largest absolute Gasteiger partial charge is 0.374 e. The zero-order valence-electron chi connectivity index (χ0n) is 10.6. The molecule has 1 fully saturated rings. The van der Waals surface area contributed by atoms with Gasteiger partial charge in [0.25, 0.3) is 0 Å². The first kappa shape index (κ1) is 12.9. The van der Waals surface area contributed by atoms with Crippen LogP contribution >= 0.6 is 0 Å². The second-order valence-electron chi connectivity index (χ2n) is 5.25. The van der Waals surface area contributed by atoms with Crippen molar-refractivity contribution >= 4 is 0 Å². The van der Waals surface area contributed by atoms with Gasteiger partial charge in [-0.05, 0) is 26.7 Å². The first-order valence-corrected chi connectivity index (χ1v) is 6.12. The van der Waals surface area contributed by atoms with Crippen molar-refractivity contribution in [3.8, 4) is 0 Å². The van der Waals surface area contributed by atoms with E-state index in [0.29, 0.717) is 12.1 Å². The van der Waals surface area contributed by atoms with Gasteiger partial charge in [-0.1, -0.05) is 13.8 Å². The van der Waals surface area contributed by atoms with Gasteiger partial charge in [0, 0.05) is 31.8 Å². The molecule has 0 aromatic rings. The maximum Gasteiger partial charge on any atom is 0.0779 e. The Morgan fingerprint density at radius 1 is 1.27 bits per heavy atom. The minimum Gasteiger partial charge on any atom is -0.374 e. The Morgan fingerprint density at radius 2 is 2.00 bits per heavy atom. The van der Waals surface area contributed by atoms with Crippen LogP contribution in [-0.2, 0) is 4.74 Å². The van der Waals surface area contributed by atoms with Crippen LogP contribution in [0.5, 0.6) is 0 Å². The molecule has 15 heavy (non-hydrogen) atoms. The Kier molecular flexibility index (Phi) is 5.03. The lowest BCUT2D eigenvalue weighted by Gasteiger charge is -2.26. The number of ether oxygens (including phenoxy) is 1. The van der Waals surface area contributed by atoms with Crippen molar-refractivity contribution in [2.75, 3.05) is 19.7 Å². The van der Waals surface area contributed by atoms with Crippen molar-refractivity contribution in [3.63, 3.8) is 0 Å². The Hall–Kier alpha value is -0.120. The molecule has 0 amide bonds. The lowest BCUT2D eigenvalue weighted by atomic mass is 10.0. The molecule has 1 aliphatic rings. The molecule has 0 aliphatic carbocycles. The van der Waals surface area contributed by atoms with Gasteiger partial charge in [-0.25, -0.2) is 0 Å². The molecule has 1 rings (SSSR count). The molecule has 3 nitrogen and oxygen atoms in total. The first-order valence-electron chi connectivity index (χ1n) is 6.12. The van der Waals surface area contributed by atoms with Crippen molar-refractivity contribution in [1.29, 1.82) is 0 Å². The van der Waals surface area contributed by atoms with Gasteiger partial charge in [0.05, 0.1) is 5.60 Å². The minimum atomic E-state index is 0.0755. The highest BCUT2D eigenvalue weighted by molar-refractivity contribution is 4.83. The Balaban J connectivity index is 2.13. The third kappa shape index (κ3) is 4.96. The van der Waals surface area contributed by atoms with Gasteiger partial charge < -0.3 is 15.4 Å². The summed E-state index contributed by atoms with van der Waals surface area (Å²) in [5.74, 6) is 0. The molecule has 2 N–H and O–H groups in total. The van der Waals surface area contributed by atoms with E-state index in [2.05, 4.69) is 38.3 Å². The fourth-order valence-electron chi connectivity index (χ4n) is 1.85. The Labute approximate surface area is 94.0 Å². The van der Waals surface area contributed by atoms with Crippen LogP contribution in [0.4, 0.5) is 0 Å². The van der Waals surface area contributed by atoms with Crippen molar-refractivity contribution in [2.24, 2.45) is 0 Å². The van der Waals surface area contributed by atoms with Gasteiger partial charge in [-0.2, -0.15) is 0 Å². The summed E-state index contributed by atoms with van der Waals surface area (Å²) in [6.45, 7) is 11.7. The maximum absolute atomic E-state index is 5.73. The second kappa shape index (κ2) is 5.83. The van der Waals surface area contributed by atoms with E-state index in [1.54, 1.807) is 0 Å². The van der Waals surface area contributed by atoms with Crippen LogP contribution in [0.1, 0.15) is 40.5 Å². The summed E-state index contributed by atoms with van der Waals surface area (Å²) in [6.07, 6.45) is 2.39. The van der Waals surface area contributed by atoms with E-state index < -0.39 is 0 Å². The lowest BCUT2D eigenvalue weighted by molar-refractivity contribution is 0.0191. The summed E-state index contributed by atoms with van der Waals surface area (Å²) in [6, 6.07) is 1.07. The highest BCUT2D eigenvalue weighted by Crippen LogP contribution is 2.23. The normalized spacial score (nSPS) is 28.6. The molecule has 0 saturated carbocycles. The molecule has 90 valence electrons. The molecule has 0 radical (unpaired) electrons. The topological polar surface area (TPSA) is 33.3 Å². The first-order chi connectivity index (χ1) is 7.02. The molecule has 0 spiro atoms. The fourth-order valence-corrected chi connectivity index (χ4v) is 1.85. The maximum atomic E-state index is 5.73. The summed E-state index contributed by atoms with van der Waals surface area (Å²) in [5, 5.41) is 6.96. The minimum absolute atomic E-state index is 0.0755. The average Bonchev–Trinajstić information content (AvgIpc) is 2.60. The monoisotopic (exact) mass is 214 g/mol. The molecule has 2 atom stereocenters. The van der Waals surface area contributed by atoms with Crippen LogP contribution in [0, 0.1) is 0 Å². The second-order valence-corrected chi connectivity index (χ2v) is 5.25. The molecule has 0 aromatic carbocycles. The van der Waals surface area contributed by atoms with E-state index in [4.69, 9.17) is 4.74 Å². The van der Waals surface area contributed by atoms with Crippen LogP contribution in [0.25, 0.3) is 0 Å². The zero-order chi connectivity index (χ0) is 11.3. The number of nitrogens with one attached hydrogen (secondary N) is 2. The van der Waals surface area contributed by atoms with E-state index in [9.17, 15) is 0 Å². The van der Waals surface area contributed by atoms with Crippen molar-refractivity contribution in [1.82, 2.24) is 10.6 Å². The van der Waals surface area contributed by atoms with E-state index in [1.165, 1.54) is 12.8 Å². The van der Waals surface area contributed by atoms with Gasteiger partial charge >= 0.3 is 0 Å². The van der Waals surface area contributed by atoms with Crippen LogP contribution in [0.15, 0.2) is 0 Å². The fraction of sp³-hybridized carbons (Fsp3) is 1.00. The Morgan fingerprint density at radius 3 is 2.53 bits per heavy atom. The lowest BCUT2D eigenvalue weighted by Crippen LogP contribution is -2.45. The van der Waals surface area contributed by atoms with E-state index >= 15 is 0 Å². The molecule has 0 aromatic heterocycles. The zero-order valence-corrected chi connectivity index (χ0v) is 10.6. The Bertz CT molecular complexity index is 176. The SMILES string of the molecule is CC(C)NCC(C)NCC1(C)CCCO1. The summed E-state index contributed by atoms with van der Waals surface area (Å²) in [7, 11) is 0. The summed E-state index contributed by atoms with van der Waals surface area (Å²) < 4.78 is 5.73. The highest BCUT2D eigenvalue weighted by atomic mass is 16.5. The molecule has 3 heteroatoms. The van der Waals surface area contributed by atoms with Crippen LogP contribution < -0.4 is 10.6 Å². The van der Waals surface area contributed by atoms with Crippen molar-refractivity contribution in [3.05, 3.63) is 0 Å². The number of hydrogen-bond donors (Lipinski definition) is 2. The quantitative estimate of drug-likeness (QED) is 0.703. The summed E-state index contributed by atoms with van der Waals surface area (Å²) in [5.41, 5.74) is 0.0755. The van der Waals surface area contributed by atoms with Gasteiger partial charge in [0.15, 0.2) is 0 Å². The molecule has 1 aliphatic heterocycles. The standard InChI is InChI=1S/C12H26N2O/c1-10(2)13-8-11(3)14-9-12(4)6-5-7-15-12/h10-11,13-14H,5-9H2,1-4H3. The van der Waals surface area contributed by atoms with Gasteiger partial charge in [-0.3, -0.25) is 0 Å². The number of rotatable bonds is 6. The predicted octanol–water partition coefficient (Wildman–Crippen LogP) is 1.53. The highest BCUT2D eigenvalue weighted by Gasteiger charge is 2.29. The van der Waals surface area contributed by atoms with Crippen LogP contribution in [0.2, 0.25) is 0 Å². The van der Waals surface area contributed by atoms with E-state index in [0.717, 1.165) is 19.7 Å². The van der Waals surface area contributed by atoms with Gasteiger partial charge in [-0.15, -0.1) is 0 Å². The predicted molar refractivity (Wildman–Crippen MR) is 64.2 cm³/mol. The third-order valence-electron chi connectivity index (χ3n) is 2.96. The molecule has 1 heterocycles. The third-order valence-corrected chi connectivity index (χ3v) is 2.96. The average molecular weight is 214 g/mol. The smallest absolute Gasteiger partial charge is 0.0779 e. The van der Waals surface area contributed by atoms with Gasteiger partial charge in [0.1, 0.15) is 0 Å². The van der Waals surface area contributed by atoms with Crippen LogP contribution in [0.3, 0.4) is 0 Å². The number of hydrogen-bond acceptors (Lipinski definition) is 3. The van der Waals surface area contributed by atoms with Crippen molar-refractivity contribution < 1.29 is 4.74 Å². The van der Waals surface area contributed by atoms with Crippen LogP contribution in [-0.4, -0.2) is 37.4 Å². The molecule has 1 saturated heterocycles. The van der Waals surface area contributed by atoms with E-state index in [1.807, 2.05) is 0 Å².